The van der Waals surface area contributed by atoms with Gasteiger partial charge in [0.05, 0.1) is 6.61 Å². The molecule has 0 radical (unpaired) electrons. The minimum atomic E-state index is 0.108. The number of rotatable bonds is 7. The van der Waals surface area contributed by atoms with Crippen LogP contribution in [0.5, 0.6) is 0 Å². The molecule has 2 N–H and O–H groups in total. The summed E-state index contributed by atoms with van der Waals surface area (Å²) in [6.45, 7) is 5.77. The van der Waals surface area contributed by atoms with Crippen molar-refractivity contribution in [2.75, 3.05) is 19.6 Å². The quantitative estimate of drug-likeness (QED) is 0.814. The van der Waals surface area contributed by atoms with Gasteiger partial charge in [0.1, 0.15) is 0 Å². The minimum Gasteiger partial charge on any atom is -0.392 e. The van der Waals surface area contributed by atoms with Crippen molar-refractivity contribution in [1.29, 1.82) is 0 Å². The molecule has 1 atom stereocenters. The first kappa shape index (κ1) is 18.1. The van der Waals surface area contributed by atoms with E-state index in [1.807, 2.05) is 24.5 Å². The Kier molecular flexibility index (Phi) is 6.56. The molecule has 1 fully saturated rings. The molecule has 1 aliphatic heterocycles. The largest absolute Gasteiger partial charge is 0.392 e. The number of hydrogen-bond acceptors (Lipinski definition) is 4. The zero-order valence-corrected chi connectivity index (χ0v) is 15.1. The van der Waals surface area contributed by atoms with Gasteiger partial charge in [0, 0.05) is 31.0 Å². The first-order chi connectivity index (χ1) is 12.2. The smallest absolute Gasteiger partial charge is 0.0681 e. The molecule has 25 heavy (non-hydrogen) atoms. The second kappa shape index (κ2) is 9.09. The maximum Gasteiger partial charge on any atom is 0.0681 e. The summed E-state index contributed by atoms with van der Waals surface area (Å²) >= 11 is 0. The van der Waals surface area contributed by atoms with Crippen molar-refractivity contribution in [1.82, 2.24) is 15.2 Å². The SMILES string of the molecule is CC(NC1CCN(CCc2ccncc2)CC1)c1cccc(CO)c1. The maximum absolute atomic E-state index is 9.30. The topological polar surface area (TPSA) is 48.4 Å². The van der Waals surface area contributed by atoms with E-state index in [4.69, 9.17) is 0 Å². The van der Waals surface area contributed by atoms with Crippen LogP contribution in [0.25, 0.3) is 0 Å². The van der Waals surface area contributed by atoms with E-state index in [0.717, 1.165) is 31.6 Å². The lowest BCUT2D eigenvalue weighted by Crippen LogP contribution is -2.43. The van der Waals surface area contributed by atoms with Crippen molar-refractivity contribution in [3.8, 4) is 0 Å². The minimum absolute atomic E-state index is 0.108. The van der Waals surface area contributed by atoms with Crippen LogP contribution in [0.15, 0.2) is 48.8 Å². The molecule has 134 valence electrons. The Morgan fingerprint density at radius 2 is 1.92 bits per heavy atom. The Bertz CT molecular complexity index is 639. The van der Waals surface area contributed by atoms with Crippen molar-refractivity contribution >= 4 is 0 Å². The predicted octanol–water partition coefficient (Wildman–Crippen LogP) is 2.93. The molecular formula is C21H29N3O. The normalized spacial score (nSPS) is 17.5. The van der Waals surface area contributed by atoms with Crippen LogP contribution in [-0.2, 0) is 13.0 Å². The second-order valence-corrected chi connectivity index (χ2v) is 7.01. The molecule has 4 heteroatoms. The average molecular weight is 339 g/mol. The number of likely N-dealkylation sites (tertiary alicyclic amines) is 1. The molecule has 0 bridgehead atoms. The number of benzene rings is 1. The van der Waals surface area contributed by atoms with Gasteiger partial charge in [-0.1, -0.05) is 24.3 Å². The van der Waals surface area contributed by atoms with Crippen molar-refractivity contribution in [2.45, 2.75) is 44.9 Å². The summed E-state index contributed by atoms with van der Waals surface area (Å²) in [5.74, 6) is 0. The highest BCUT2D eigenvalue weighted by Crippen LogP contribution is 2.19. The van der Waals surface area contributed by atoms with Gasteiger partial charge in [-0.25, -0.2) is 0 Å². The van der Waals surface area contributed by atoms with E-state index in [2.05, 4.69) is 46.4 Å². The molecule has 3 rings (SSSR count). The summed E-state index contributed by atoms with van der Waals surface area (Å²) in [7, 11) is 0. The zero-order chi connectivity index (χ0) is 17.5. The first-order valence-electron chi connectivity index (χ1n) is 9.31. The summed E-state index contributed by atoms with van der Waals surface area (Å²) < 4.78 is 0. The third-order valence-corrected chi connectivity index (χ3v) is 5.17. The number of pyridine rings is 1. The monoisotopic (exact) mass is 339 g/mol. The lowest BCUT2D eigenvalue weighted by molar-refractivity contribution is 0.194. The van der Waals surface area contributed by atoms with Gasteiger partial charge in [-0.3, -0.25) is 4.98 Å². The number of aliphatic hydroxyl groups excluding tert-OH is 1. The molecule has 2 heterocycles. The molecule has 0 saturated carbocycles. The average Bonchev–Trinajstić information content (AvgIpc) is 2.68. The Hall–Kier alpha value is -1.75. The highest BCUT2D eigenvalue weighted by atomic mass is 16.3. The summed E-state index contributed by atoms with van der Waals surface area (Å²) in [6, 6.07) is 13.3. The maximum atomic E-state index is 9.30. The van der Waals surface area contributed by atoms with Crippen LogP contribution in [0.4, 0.5) is 0 Å². The fourth-order valence-electron chi connectivity index (χ4n) is 3.57. The van der Waals surface area contributed by atoms with Crippen LogP contribution >= 0.6 is 0 Å². The lowest BCUT2D eigenvalue weighted by atomic mass is 10.00. The Labute approximate surface area is 150 Å². The van der Waals surface area contributed by atoms with E-state index in [-0.39, 0.29) is 6.61 Å². The predicted molar refractivity (Wildman–Crippen MR) is 101 cm³/mol. The molecule has 2 aromatic rings. The van der Waals surface area contributed by atoms with Crippen LogP contribution < -0.4 is 5.32 Å². The number of nitrogens with zero attached hydrogens (tertiary/aromatic N) is 2. The number of aromatic nitrogens is 1. The third-order valence-electron chi connectivity index (χ3n) is 5.17. The number of aliphatic hydroxyl groups is 1. The van der Waals surface area contributed by atoms with Crippen molar-refractivity contribution < 1.29 is 5.11 Å². The van der Waals surface area contributed by atoms with Gasteiger partial charge in [-0.05, 0) is 68.1 Å². The van der Waals surface area contributed by atoms with Gasteiger partial charge in [-0.2, -0.15) is 0 Å². The lowest BCUT2D eigenvalue weighted by Gasteiger charge is -2.34. The number of piperidine rings is 1. The molecular weight excluding hydrogens is 310 g/mol. The van der Waals surface area contributed by atoms with Crippen molar-refractivity contribution in [2.24, 2.45) is 0 Å². The Balaban J connectivity index is 1.42. The van der Waals surface area contributed by atoms with Gasteiger partial charge in [0.2, 0.25) is 0 Å². The summed E-state index contributed by atoms with van der Waals surface area (Å²) in [6.07, 6.45) is 7.24. The van der Waals surface area contributed by atoms with E-state index < -0.39 is 0 Å². The fraction of sp³-hybridized carbons (Fsp3) is 0.476. The zero-order valence-electron chi connectivity index (χ0n) is 15.1. The summed E-state index contributed by atoms with van der Waals surface area (Å²) in [5.41, 5.74) is 3.61. The molecule has 1 saturated heterocycles. The number of nitrogens with one attached hydrogen (secondary N) is 1. The van der Waals surface area contributed by atoms with Gasteiger partial charge < -0.3 is 15.3 Å². The van der Waals surface area contributed by atoms with Crippen LogP contribution in [0.2, 0.25) is 0 Å². The highest BCUT2D eigenvalue weighted by molar-refractivity contribution is 5.25. The Morgan fingerprint density at radius 1 is 1.16 bits per heavy atom. The van der Waals surface area contributed by atoms with E-state index in [0.29, 0.717) is 12.1 Å². The molecule has 4 nitrogen and oxygen atoms in total. The van der Waals surface area contributed by atoms with Gasteiger partial charge >= 0.3 is 0 Å². The van der Waals surface area contributed by atoms with Gasteiger partial charge in [0.15, 0.2) is 0 Å². The molecule has 0 spiro atoms. The van der Waals surface area contributed by atoms with Crippen molar-refractivity contribution in [3.63, 3.8) is 0 Å². The molecule has 0 aliphatic carbocycles. The molecule has 0 amide bonds. The van der Waals surface area contributed by atoms with Crippen LogP contribution in [0.1, 0.15) is 42.5 Å². The summed E-state index contributed by atoms with van der Waals surface area (Å²) in [5, 5.41) is 13.1. The highest BCUT2D eigenvalue weighted by Gasteiger charge is 2.20. The van der Waals surface area contributed by atoms with E-state index >= 15 is 0 Å². The van der Waals surface area contributed by atoms with Crippen LogP contribution in [0.3, 0.4) is 0 Å². The summed E-state index contributed by atoms with van der Waals surface area (Å²) in [4.78, 5) is 6.64. The molecule has 1 aromatic heterocycles. The van der Waals surface area contributed by atoms with Gasteiger partial charge in [0.25, 0.3) is 0 Å². The van der Waals surface area contributed by atoms with Gasteiger partial charge in [-0.15, -0.1) is 0 Å². The second-order valence-electron chi connectivity index (χ2n) is 7.01. The molecule has 1 unspecified atom stereocenters. The van der Waals surface area contributed by atoms with Crippen molar-refractivity contribution in [3.05, 3.63) is 65.5 Å². The third kappa shape index (κ3) is 5.36. The van der Waals surface area contributed by atoms with E-state index in [1.165, 1.54) is 24.0 Å². The van der Waals surface area contributed by atoms with E-state index in [1.54, 1.807) is 0 Å². The number of hydrogen-bond donors (Lipinski definition) is 2. The Morgan fingerprint density at radius 3 is 2.64 bits per heavy atom. The fourth-order valence-corrected chi connectivity index (χ4v) is 3.57. The van der Waals surface area contributed by atoms with E-state index in [9.17, 15) is 5.11 Å². The molecule has 1 aromatic carbocycles. The van der Waals surface area contributed by atoms with Crippen LogP contribution in [-0.4, -0.2) is 40.7 Å². The standard InChI is InChI=1S/C21H29N3O/c1-17(20-4-2-3-19(15-20)16-25)23-21-8-13-24(14-9-21)12-7-18-5-10-22-11-6-18/h2-6,10-11,15,17,21,23,25H,7-9,12-14,16H2,1H3. The first-order valence-corrected chi connectivity index (χ1v) is 9.31. The molecule has 1 aliphatic rings. The van der Waals surface area contributed by atoms with Crippen LogP contribution in [0, 0.1) is 0 Å².